The van der Waals surface area contributed by atoms with Crippen LogP contribution in [0, 0.1) is 13.8 Å². The molecule has 0 spiro atoms. The van der Waals surface area contributed by atoms with Gasteiger partial charge in [-0.1, -0.05) is 142 Å². The first-order valence-corrected chi connectivity index (χ1v) is 25.2. The summed E-state index contributed by atoms with van der Waals surface area (Å²) in [7, 11) is 0. The van der Waals surface area contributed by atoms with Crippen LogP contribution in [-0.4, -0.2) is 19.3 Å². The largest absolute Gasteiger partial charge is 0.508 e. The van der Waals surface area contributed by atoms with E-state index in [2.05, 4.69) is 199 Å². The molecule has 5 nitrogen and oxygen atoms in total. The highest BCUT2D eigenvalue weighted by Gasteiger charge is 2.32. The highest BCUT2D eigenvalue weighted by molar-refractivity contribution is 6.11. The minimum atomic E-state index is -0.279. The van der Waals surface area contributed by atoms with E-state index in [9.17, 15) is 10.2 Å². The number of phenolic OH excluding ortho intramolecular Hbond substituents is 2. The molecule has 0 amide bonds. The molecule has 0 saturated carbocycles. The van der Waals surface area contributed by atoms with Crippen LogP contribution in [0.2, 0.25) is 0 Å². The first-order valence-electron chi connectivity index (χ1n) is 25.2. The Bertz CT molecular complexity index is 3700. The van der Waals surface area contributed by atoms with Gasteiger partial charge in [-0.05, 0) is 175 Å². The Kier molecular flexibility index (Phi) is 13.1. The van der Waals surface area contributed by atoms with Gasteiger partial charge in [0.05, 0.1) is 16.6 Å². The summed E-state index contributed by atoms with van der Waals surface area (Å²) in [6.45, 7) is 12.8. The maximum atomic E-state index is 10.6. The van der Waals surface area contributed by atoms with Crippen LogP contribution in [-0.2, 0) is 18.3 Å². The normalized spacial score (nSPS) is 13.8. The molecule has 12 rings (SSSR count). The second-order valence-corrected chi connectivity index (χ2v) is 18.8. The number of para-hydroxylation sites is 2. The predicted octanol–water partition coefficient (Wildman–Crippen LogP) is 17.7. The van der Waals surface area contributed by atoms with Crippen molar-refractivity contribution in [1.82, 2.24) is 9.13 Å². The van der Waals surface area contributed by atoms with E-state index in [1.807, 2.05) is 62.4 Å². The average Bonchev–Trinajstić information content (AvgIpc) is 3.91. The molecular weight excluding hydrogens is 879 g/mol. The Morgan fingerprint density at radius 2 is 1.07 bits per heavy atom. The summed E-state index contributed by atoms with van der Waals surface area (Å²) in [6, 6.07) is 73.8. The van der Waals surface area contributed by atoms with Crippen LogP contribution < -0.4 is 4.90 Å². The summed E-state index contributed by atoms with van der Waals surface area (Å²) in [4.78, 5) is 2.25. The van der Waals surface area contributed by atoms with Gasteiger partial charge in [0.2, 0.25) is 0 Å². The fourth-order valence-electron chi connectivity index (χ4n) is 10.5. The Hall–Kier alpha value is -8.54. The fourth-order valence-corrected chi connectivity index (χ4v) is 10.5. The quantitative estimate of drug-likeness (QED) is 0.160. The van der Waals surface area contributed by atoms with Crippen LogP contribution >= 0.6 is 0 Å². The van der Waals surface area contributed by atoms with Crippen molar-refractivity contribution in [3.8, 4) is 34.0 Å². The van der Waals surface area contributed by atoms with Crippen molar-refractivity contribution in [2.75, 3.05) is 4.90 Å². The van der Waals surface area contributed by atoms with E-state index < -0.39 is 0 Å². The summed E-state index contributed by atoms with van der Waals surface area (Å²) < 4.78 is 4.70. The second-order valence-electron chi connectivity index (χ2n) is 18.8. The number of hydrogen-bond acceptors (Lipinski definition) is 3. The van der Waals surface area contributed by atoms with Gasteiger partial charge >= 0.3 is 0 Å². The average molecular weight is 940 g/mol. The minimum absolute atomic E-state index is 0.228. The Morgan fingerprint density at radius 1 is 0.500 bits per heavy atom. The zero-order valence-electron chi connectivity index (χ0n) is 42.0. The van der Waals surface area contributed by atoms with Crippen LogP contribution in [0.3, 0.4) is 0 Å². The summed E-state index contributed by atoms with van der Waals surface area (Å²) >= 11 is 0. The molecule has 356 valence electrons. The molecule has 1 unspecified atom stereocenters. The van der Waals surface area contributed by atoms with Gasteiger partial charge in [-0.3, -0.25) is 0 Å². The first kappa shape index (κ1) is 47.2. The molecule has 2 N–H and O–H groups in total. The standard InChI is InChI=1S/C58H47N3O2.C7H8.C2H6/c1-4-39-34-57-52(36-50(39)48-15-9-8-12-38(48)2)49-16-10-11-17-54(49)61(57)45-24-22-43(23-25-45)59(44-26-28-46(62)29-27-44)42-20-18-40(19-21-42)58(3)33-32-56-53(37-58)51-35-47(63)30-31-55(51)60(56)41-13-6-5-7-14-41;1-7-5-3-2-4-6-7;1-2/h5-36,62-63H,4,37H2,1-3H3;2-6H,1H3;1-2H3. The monoisotopic (exact) mass is 939 g/mol. The molecule has 0 fully saturated rings. The Labute approximate surface area is 423 Å². The molecule has 11 aromatic rings. The van der Waals surface area contributed by atoms with E-state index in [-0.39, 0.29) is 16.9 Å². The fraction of sp³-hybridized carbons (Fsp3) is 0.134. The number of hydrogen-bond donors (Lipinski definition) is 2. The van der Waals surface area contributed by atoms with Crippen molar-refractivity contribution in [2.45, 2.75) is 59.8 Å². The molecule has 72 heavy (non-hydrogen) atoms. The second kappa shape index (κ2) is 20.1. The van der Waals surface area contributed by atoms with Crippen molar-refractivity contribution in [2.24, 2.45) is 0 Å². The maximum Gasteiger partial charge on any atom is 0.116 e. The molecule has 9 aromatic carbocycles. The summed E-state index contributed by atoms with van der Waals surface area (Å²) in [5.41, 5.74) is 18.4. The minimum Gasteiger partial charge on any atom is -0.508 e. The number of rotatable bonds is 8. The van der Waals surface area contributed by atoms with Gasteiger partial charge in [0.25, 0.3) is 0 Å². The van der Waals surface area contributed by atoms with E-state index in [1.165, 1.54) is 60.8 Å². The molecule has 0 bridgehead atoms. The zero-order chi connectivity index (χ0) is 49.9. The molecule has 2 heterocycles. The highest BCUT2D eigenvalue weighted by Crippen LogP contribution is 2.44. The predicted molar refractivity (Wildman–Crippen MR) is 304 cm³/mol. The van der Waals surface area contributed by atoms with E-state index in [4.69, 9.17) is 0 Å². The molecule has 0 radical (unpaired) electrons. The smallest absolute Gasteiger partial charge is 0.116 e. The lowest BCUT2D eigenvalue weighted by atomic mass is 9.74. The van der Waals surface area contributed by atoms with Gasteiger partial charge in [-0.2, -0.15) is 0 Å². The zero-order valence-corrected chi connectivity index (χ0v) is 42.0. The van der Waals surface area contributed by atoms with Gasteiger partial charge in [0.15, 0.2) is 0 Å². The number of aromatic hydroxyl groups is 2. The van der Waals surface area contributed by atoms with E-state index in [0.717, 1.165) is 57.9 Å². The molecule has 1 aliphatic carbocycles. The third-order valence-electron chi connectivity index (χ3n) is 14.2. The van der Waals surface area contributed by atoms with Gasteiger partial charge < -0.3 is 24.2 Å². The van der Waals surface area contributed by atoms with Crippen molar-refractivity contribution in [3.63, 3.8) is 0 Å². The van der Waals surface area contributed by atoms with Crippen molar-refractivity contribution in [1.29, 1.82) is 0 Å². The molecule has 1 aliphatic rings. The third kappa shape index (κ3) is 8.84. The van der Waals surface area contributed by atoms with E-state index in [0.29, 0.717) is 0 Å². The lowest BCUT2D eigenvalue weighted by molar-refractivity contribution is 0.475. The number of phenols is 2. The van der Waals surface area contributed by atoms with Crippen LogP contribution in [0.4, 0.5) is 17.1 Å². The van der Waals surface area contributed by atoms with Gasteiger partial charge in [0, 0.05) is 55.7 Å². The van der Waals surface area contributed by atoms with E-state index >= 15 is 0 Å². The van der Waals surface area contributed by atoms with Crippen LogP contribution in [0.25, 0.3) is 61.3 Å². The number of aryl methyl sites for hydroxylation is 3. The van der Waals surface area contributed by atoms with Crippen molar-refractivity contribution in [3.05, 3.63) is 252 Å². The van der Waals surface area contributed by atoms with Crippen LogP contribution in [0.5, 0.6) is 11.5 Å². The summed E-state index contributed by atoms with van der Waals surface area (Å²) in [5, 5.41) is 24.5. The van der Waals surface area contributed by atoms with Gasteiger partial charge in [0.1, 0.15) is 11.5 Å². The summed E-state index contributed by atoms with van der Waals surface area (Å²) in [5.74, 6) is 0.498. The highest BCUT2D eigenvalue weighted by atomic mass is 16.3. The first-order chi connectivity index (χ1) is 35.2. The van der Waals surface area contributed by atoms with Gasteiger partial charge in [-0.15, -0.1) is 0 Å². The van der Waals surface area contributed by atoms with Crippen molar-refractivity contribution >= 4 is 55.8 Å². The van der Waals surface area contributed by atoms with Crippen LogP contribution in [0.15, 0.2) is 218 Å². The Balaban J connectivity index is 0.000000606. The number of allylic oxidation sites excluding steroid dienone is 1. The van der Waals surface area contributed by atoms with Crippen LogP contribution in [0.1, 0.15) is 61.2 Å². The number of aromatic nitrogens is 2. The van der Waals surface area contributed by atoms with Gasteiger partial charge in [-0.25, -0.2) is 0 Å². The lowest BCUT2D eigenvalue weighted by Gasteiger charge is -2.31. The SMILES string of the molecule is CC.CCc1cc2c(cc1-c1ccccc1C)c1ccccc1n2-c1ccc(N(c2ccc(O)cc2)c2ccc(C3(C)C=Cc4c(c5cc(O)ccc5n4-c4ccccc4)C3)cc2)cc1.Cc1ccccc1. The maximum absolute atomic E-state index is 10.6. The molecule has 1 atom stereocenters. The van der Waals surface area contributed by atoms with Crippen molar-refractivity contribution < 1.29 is 10.2 Å². The van der Waals surface area contributed by atoms with E-state index in [1.54, 1.807) is 18.2 Å². The molecule has 0 aliphatic heterocycles. The molecular formula is C67H61N3O2. The molecule has 5 heteroatoms. The number of benzene rings is 9. The lowest BCUT2D eigenvalue weighted by Crippen LogP contribution is -2.25. The molecule has 0 saturated heterocycles. The number of fused-ring (bicyclic) bond motifs is 6. The number of nitrogens with zero attached hydrogens (tertiary/aromatic N) is 3. The topological polar surface area (TPSA) is 53.6 Å². The summed E-state index contributed by atoms with van der Waals surface area (Å²) in [6.07, 6.45) is 6.31. The third-order valence-corrected chi connectivity index (χ3v) is 14.2. The Morgan fingerprint density at radius 3 is 1.72 bits per heavy atom. The molecule has 2 aromatic heterocycles. The number of anilines is 3.